The van der Waals surface area contributed by atoms with Crippen LogP contribution in [0, 0.1) is 17.1 Å². The summed E-state index contributed by atoms with van der Waals surface area (Å²) < 4.78 is 17.5. The molecule has 0 spiro atoms. The monoisotopic (exact) mass is 310 g/mol. The zero-order chi connectivity index (χ0) is 15.8. The van der Waals surface area contributed by atoms with Crippen LogP contribution in [-0.2, 0) is 14.3 Å². The second kappa shape index (κ2) is 8.27. The molecule has 0 aromatic heterocycles. The van der Waals surface area contributed by atoms with Crippen molar-refractivity contribution >= 4 is 29.3 Å². The summed E-state index contributed by atoms with van der Waals surface area (Å²) in [5.74, 6) is -1.18. The molecule has 0 bridgehead atoms. The van der Waals surface area contributed by atoms with Gasteiger partial charge in [-0.25, -0.2) is 4.39 Å². The molecule has 7 heteroatoms. The highest BCUT2D eigenvalue weighted by Crippen LogP contribution is 2.14. The van der Waals surface area contributed by atoms with Crippen molar-refractivity contribution in [3.63, 3.8) is 0 Å². The molecule has 0 aliphatic carbocycles. The summed E-state index contributed by atoms with van der Waals surface area (Å²) in [5.41, 5.74) is 0.482. The van der Waals surface area contributed by atoms with Gasteiger partial charge in [0, 0.05) is 5.69 Å². The van der Waals surface area contributed by atoms with Crippen LogP contribution in [0.3, 0.4) is 0 Å². The number of nitrogens with zero attached hydrogens (tertiary/aromatic N) is 1. The Morgan fingerprint density at radius 3 is 2.57 bits per heavy atom. The predicted octanol–water partition coefficient (Wildman–Crippen LogP) is 2.34. The molecule has 21 heavy (non-hydrogen) atoms. The largest absolute Gasteiger partial charge is 0.446 e. The fourth-order valence-corrected chi connectivity index (χ4v) is 1.96. The quantitative estimate of drug-likeness (QED) is 0.816. The topological polar surface area (TPSA) is 79.2 Å². The van der Waals surface area contributed by atoms with E-state index in [4.69, 9.17) is 10.00 Å². The molecule has 0 saturated carbocycles. The van der Waals surface area contributed by atoms with E-state index in [1.807, 2.05) is 0 Å². The molecule has 0 heterocycles. The highest BCUT2D eigenvalue weighted by molar-refractivity contribution is 8.01. The molecular formula is C14H15FN2O3S. The molecule has 0 aliphatic rings. The van der Waals surface area contributed by atoms with E-state index in [-0.39, 0.29) is 17.5 Å². The Hall–Kier alpha value is -2.07. The third kappa shape index (κ3) is 6.27. The van der Waals surface area contributed by atoms with Gasteiger partial charge < -0.3 is 10.1 Å². The molecule has 2 atom stereocenters. The number of halogens is 1. The lowest BCUT2D eigenvalue weighted by Crippen LogP contribution is -2.24. The normalized spacial score (nSPS) is 12.9. The Morgan fingerprint density at radius 1 is 1.38 bits per heavy atom. The summed E-state index contributed by atoms with van der Waals surface area (Å²) in [6, 6.07) is 7.17. The molecule has 1 aromatic rings. The summed E-state index contributed by atoms with van der Waals surface area (Å²) in [6.45, 7) is 3.07. The van der Waals surface area contributed by atoms with Gasteiger partial charge >= 0.3 is 5.97 Å². The predicted molar refractivity (Wildman–Crippen MR) is 78.1 cm³/mol. The van der Waals surface area contributed by atoms with Crippen molar-refractivity contribution in [2.45, 2.75) is 25.2 Å². The number of nitriles is 1. The Kier molecular flexibility index (Phi) is 6.69. The van der Waals surface area contributed by atoms with Crippen molar-refractivity contribution < 1.29 is 18.7 Å². The number of rotatable bonds is 6. The molecule has 1 N–H and O–H groups in total. The van der Waals surface area contributed by atoms with Crippen LogP contribution in [0.1, 0.15) is 13.8 Å². The van der Waals surface area contributed by atoms with Gasteiger partial charge in [-0.3, -0.25) is 9.59 Å². The number of ether oxygens (including phenoxy) is 1. The van der Waals surface area contributed by atoms with Gasteiger partial charge in [0.25, 0.3) is 0 Å². The van der Waals surface area contributed by atoms with Crippen molar-refractivity contribution in [1.82, 2.24) is 0 Å². The van der Waals surface area contributed by atoms with Crippen LogP contribution in [0.15, 0.2) is 24.3 Å². The first-order chi connectivity index (χ1) is 9.92. The molecule has 0 unspecified atom stereocenters. The minimum Gasteiger partial charge on any atom is -0.446 e. The van der Waals surface area contributed by atoms with Crippen LogP contribution >= 0.6 is 11.8 Å². The molecule has 5 nitrogen and oxygen atoms in total. The van der Waals surface area contributed by atoms with Crippen LogP contribution in [0.4, 0.5) is 10.1 Å². The Balaban J connectivity index is 2.37. The third-order valence-electron chi connectivity index (χ3n) is 2.40. The van der Waals surface area contributed by atoms with E-state index in [1.54, 1.807) is 13.0 Å². The maximum Gasteiger partial charge on any atom is 0.320 e. The minimum atomic E-state index is -0.811. The number of esters is 1. The number of anilines is 1. The molecule has 0 saturated heterocycles. The summed E-state index contributed by atoms with van der Waals surface area (Å²) in [7, 11) is 0. The molecule has 1 amide bonds. The summed E-state index contributed by atoms with van der Waals surface area (Å²) in [6.07, 6.45) is -0.811. The van der Waals surface area contributed by atoms with Gasteiger partial charge in [-0.1, -0.05) is 0 Å². The molecule has 112 valence electrons. The zero-order valence-electron chi connectivity index (χ0n) is 11.6. The Bertz CT molecular complexity index is 542. The van der Waals surface area contributed by atoms with Crippen LogP contribution in [0.5, 0.6) is 0 Å². The fraction of sp³-hybridized carbons (Fsp3) is 0.357. The maximum absolute atomic E-state index is 12.7. The number of carbonyl (C=O) groups is 2. The van der Waals surface area contributed by atoms with Crippen molar-refractivity contribution in [3.05, 3.63) is 30.1 Å². The number of thioether (sulfide) groups is 1. The van der Waals surface area contributed by atoms with E-state index in [1.165, 1.54) is 31.2 Å². The molecule has 0 radical (unpaired) electrons. The number of hydrogen-bond donors (Lipinski definition) is 1. The standard InChI is InChI=1S/C14H15FN2O3S/c1-9(7-16)20-14(19)10(2)21-8-13(18)17-12-5-3-11(15)4-6-12/h3-6,9-10H,8H2,1-2H3,(H,17,18)/t9-,10+/m1/s1. The lowest BCUT2D eigenvalue weighted by molar-refractivity contribution is -0.144. The van der Waals surface area contributed by atoms with E-state index in [0.717, 1.165) is 11.8 Å². The fourth-order valence-electron chi connectivity index (χ4n) is 1.30. The Morgan fingerprint density at radius 2 is 2.00 bits per heavy atom. The second-order valence-electron chi connectivity index (χ2n) is 4.22. The van der Waals surface area contributed by atoms with Crippen molar-refractivity contribution in [3.8, 4) is 6.07 Å². The van der Waals surface area contributed by atoms with E-state index in [0.29, 0.717) is 5.69 Å². The Labute approximate surface area is 126 Å². The van der Waals surface area contributed by atoms with Gasteiger partial charge in [0.2, 0.25) is 5.91 Å². The minimum absolute atomic E-state index is 0.0502. The van der Waals surface area contributed by atoms with E-state index in [2.05, 4.69) is 5.32 Å². The number of benzene rings is 1. The smallest absolute Gasteiger partial charge is 0.320 e. The van der Waals surface area contributed by atoms with Crippen LogP contribution in [0.2, 0.25) is 0 Å². The maximum atomic E-state index is 12.7. The second-order valence-corrected chi connectivity index (χ2v) is 5.55. The lowest BCUT2D eigenvalue weighted by Gasteiger charge is -2.12. The van der Waals surface area contributed by atoms with Crippen LogP contribution in [-0.4, -0.2) is 29.0 Å². The highest BCUT2D eigenvalue weighted by atomic mass is 32.2. The first-order valence-electron chi connectivity index (χ1n) is 6.19. The van der Waals surface area contributed by atoms with Crippen molar-refractivity contribution in [2.24, 2.45) is 0 Å². The molecular weight excluding hydrogens is 295 g/mol. The third-order valence-corrected chi connectivity index (χ3v) is 3.52. The van der Waals surface area contributed by atoms with Gasteiger partial charge in [0.05, 0.1) is 5.75 Å². The van der Waals surface area contributed by atoms with Crippen LogP contribution < -0.4 is 5.32 Å². The van der Waals surface area contributed by atoms with Gasteiger partial charge in [0.1, 0.15) is 17.1 Å². The average molecular weight is 310 g/mol. The van der Waals surface area contributed by atoms with Crippen molar-refractivity contribution in [1.29, 1.82) is 5.26 Å². The SMILES string of the molecule is C[C@H](C#N)OC(=O)[C@H](C)SCC(=O)Nc1ccc(F)cc1. The summed E-state index contributed by atoms with van der Waals surface area (Å²) >= 11 is 1.10. The molecule has 0 fully saturated rings. The number of amides is 1. The number of hydrogen-bond acceptors (Lipinski definition) is 5. The first-order valence-corrected chi connectivity index (χ1v) is 7.24. The zero-order valence-corrected chi connectivity index (χ0v) is 12.4. The number of nitrogens with one attached hydrogen (secondary N) is 1. The highest BCUT2D eigenvalue weighted by Gasteiger charge is 2.18. The average Bonchev–Trinajstić information content (AvgIpc) is 2.46. The van der Waals surface area contributed by atoms with E-state index < -0.39 is 17.3 Å². The van der Waals surface area contributed by atoms with E-state index >= 15 is 0 Å². The van der Waals surface area contributed by atoms with Crippen LogP contribution in [0.25, 0.3) is 0 Å². The van der Waals surface area contributed by atoms with Gasteiger partial charge in [0.15, 0.2) is 6.10 Å². The van der Waals surface area contributed by atoms with Gasteiger partial charge in [-0.15, -0.1) is 11.8 Å². The van der Waals surface area contributed by atoms with Gasteiger partial charge in [-0.05, 0) is 38.1 Å². The van der Waals surface area contributed by atoms with Gasteiger partial charge in [-0.2, -0.15) is 5.26 Å². The molecule has 1 rings (SSSR count). The molecule has 0 aliphatic heterocycles. The molecule has 1 aromatic carbocycles. The number of carbonyl (C=O) groups excluding carboxylic acids is 2. The lowest BCUT2D eigenvalue weighted by atomic mass is 10.3. The summed E-state index contributed by atoms with van der Waals surface area (Å²) in [4.78, 5) is 23.2. The first kappa shape index (κ1) is 17.0. The van der Waals surface area contributed by atoms with Crippen molar-refractivity contribution in [2.75, 3.05) is 11.1 Å². The van der Waals surface area contributed by atoms with E-state index in [9.17, 15) is 14.0 Å². The summed E-state index contributed by atoms with van der Waals surface area (Å²) in [5, 5.41) is 10.6.